The highest BCUT2D eigenvalue weighted by Gasteiger charge is 2.41. The van der Waals surface area contributed by atoms with Crippen molar-refractivity contribution in [2.24, 2.45) is 0 Å². The summed E-state index contributed by atoms with van der Waals surface area (Å²) in [6, 6.07) is 2.51. The van der Waals surface area contributed by atoms with E-state index in [-0.39, 0.29) is 12.2 Å². The molecule has 1 N–H and O–H groups in total. The van der Waals surface area contributed by atoms with Gasteiger partial charge in [-0.2, -0.15) is 0 Å². The van der Waals surface area contributed by atoms with E-state index in [0.29, 0.717) is 16.6 Å². The average molecular weight is 464 g/mol. The number of anilines is 2. The molecule has 0 spiro atoms. The molecule has 3 aromatic rings. The van der Waals surface area contributed by atoms with Crippen molar-refractivity contribution in [2.45, 2.75) is 24.8 Å². The van der Waals surface area contributed by atoms with Crippen molar-refractivity contribution < 1.29 is 18.4 Å². The molecule has 3 heterocycles. The first kappa shape index (κ1) is 20.1. The third kappa shape index (κ3) is 3.30. The van der Waals surface area contributed by atoms with Crippen LogP contribution in [0, 0.1) is 11.6 Å². The lowest BCUT2D eigenvalue weighted by atomic mass is 10.1. The summed E-state index contributed by atoms with van der Waals surface area (Å²) in [4.78, 5) is 37.8. The van der Waals surface area contributed by atoms with Crippen molar-refractivity contribution in [1.82, 2.24) is 15.3 Å². The van der Waals surface area contributed by atoms with Gasteiger partial charge < -0.3 is 10.2 Å². The fraction of sp³-hybridized carbons (Fsp3) is 0.300. The number of carbonyl (C=O) groups excluding carboxylic acids is 2. The Morgan fingerprint density at radius 1 is 1.35 bits per heavy atom. The minimum atomic E-state index is -1.04. The van der Waals surface area contributed by atoms with E-state index < -0.39 is 34.6 Å². The molecule has 5 rings (SSSR count). The van der Waals surface area contributed by atoms with Crippen molar-refractivity contribution in [2.75, 3.05) is 23.4 Å². The fourth-order valence-corrected chi connectivity index (χ4v) is 4.62. The lowest BCUT2D eigenvalue weighted by Gasteiger charge is -2.27. The summed E-state index contributed by atoms with van der Waals surface area (Å²) in [5, 5.41) is 1.96. The number of pyridine rings is 1. The molecular formula is C20H16ClF2N5O2S. The largest absolute Gasteiger partial charge is 0.335 e. The molecule has 3 amide bonds. The molecule has 2 aromatic heterocycles. The van der Waals surface area contributed by atoms with E-state index in [1.807, 2.05) is 0 Å². The van der Waals surface area contributed by atoms with Gasteiger partial charge in [-0.3, -0.25) is 9.69 Å². The van der Waals surface area contributed by atoms with Gasteiger partial charge in [0.2, 0.25) is 0 Å². The van der Waals surface area contributed by atoms with E-state index in [9.17, 15) is 18.4 Å². The number of nitrogens with zero attached hydrogens (tertiary/aromatic N) is 4. The minimum absolute atomic E-state index is 0.0275. The standard InChI is InChI=1S/C20H16ClF2N5O2S/c1-27(12-5-4-11(22)15(21)16(12)23)19(29)13-7-24-20(30)28(13)14-6-10(9-2-3-9)17-18(26-14)31-8-25-17/h4-6,8-9,13H,2-3,7H2,1H3,(H,24,30)/t13-/m0/s1. The first-order chi connectivity index (χ1) is 14.9. The summed E-state index contributed by atoms with van der Waals surface area (Å²) in [6.45, 7) is 0.0275. The SMILES string of the molecule is CN(C(=O)[C@@H]1CNC(=O)N1c1cc(C2CC2)c2ncsc2n1)c1ccc(F)c(Cl)c1F. The van der Waals surface area contributed by atoms with Crippen molar-refractivity contribution in [3.63, 3.8) is 0 Å². The molecule has 0 bridgehead atoms. The Hall–Kier alpha value is -2.85. The van der Waals surface area contributed by atoms with Crippen LogP contribution in [0.2, 0.25) is 5.02 Å². The average Bonchev–Trinajstić information content (AvgIpc) is 3.37. The maximum Gasteiger partial charge on any atom is 0.323 e. The first-order valence-corrected chi connectivity index (χ1v) is 10.8. The van der Waals surface area contributed by atoms with Crippen LogP contribution in [0.3, 0.4) is 0 Å². The molecule has 1 saturated carbocycles. The van der Waals surface area contributed by atoms with E-state index in [1.165, 1.54) is 23.3 Å². The molecule has 1 aliphatic carbocycles. The Bertz CT molecular complexity index is 1230. The number of fused-ring (bicyclic) bond motifs is 1. The van der Waals surface area contributed by atoms with Crippen LogP contribution in [0.5, 0.6) is 0 Å². The van der Waals surface area contributed by atoms with Crippen LogP contribution in [-0.4, -0.2) is 41.5 Å². The lowest BCUT2D eigenvalue weighted by Crippen LogP contribution is -2.47. The molecule has 160 valence electrons. The van der Waals surface area contributed by atoms with E-state index in [1.54, 1.807) is 11.6 Å². The number of carbonyl (C=O) groups is 2. The quantitative estimate of drug-likeness (QED) is 0.592. The second-order valence-electron chi connectivity index (χ2n) is 7.51. The molecule has 11 heteroatoms. The van der Waals surface area contributed by atoms with Gasteiger partial charge in [-0.15, -0.1) is 11.3 Å². The summed E-state index contributed by atoms with van der Waals surface area (Å²) >= 11 is 7.02. The third-order valence-corrected chi connectivity index (χ3v) is 6.62. The van der Waals surface area contributed by atoms with Crippen LogP contribution in [0.4, 0.5) is 25.1 Å². The zero-order valence-corrected chi connectivity index (χ0v) is 17.8. The molecule has 1 saturated heterocycles. The van der Waals surface area contributed by atoms with Gasteiger partial charge in [0.05, 0.1) is 11.2 Å². The van der Waals surface area contributed by atoms with Crippen LogP contribution in [0.1, 0.15) is 24.3 Å². The minimum Gasteiger partial charge on any atom is -0.335 e. The predicted molar refractivity (Wildman–Crippen MR) is 114 cm³/mol. The molecule has 1 aliphatic heterocycles. The number of thiazole rings is 1. The number of aromatic nitrogens is 2. The fourth-order valence-electron chi connectivity index (χ4n) is 3.77. The highest BCUT2D eigenvalue weighted by Crippen LogP contribution is 2.44. The second-order valence-corrected chi connectivity index (χ2v) is 8.72. The topological polar surface area (TPSA) is 78.4 Å². The number of nitrogens with one attached hydrogen (secondary N) is 1. The highest BCUT2D eigenvalue weighted by atomic mass is 35.5. The Morgan fingerprint density at radius 3 is 2.87 bits per heavy atom. The normalized spacial score (nSPS) is 18.5. The monoisotopic (exact) mass is 463 g/mol. The van der Waals surface area contributed by atoms with Gasteiger partial charge >= 0.3 is 6.03 Å². The molecule has 0 radical (unpaired) electrons. The molecule has 2 fully saturated rings. The number of amides is 3. The summed E-state index contributed by atoms with van der Waals surface area (Å²) in [5.74, 6) is -1.80. The number of urea groups is 1. The van der Waals surface area contributed by atoms with Crippen LogP contribution < -0.4 is 15.1 Å². The van der Waals surface area contributed by atoms with Crippen molar-refractivity contribution in [1.29, 1.82) is 0 Å². The number of halogens is 3. The zero-order chi connectivity index (χ0) is 21.9. The summed E-state index contributed by atoms with van der Waals surface area (Å²) in [5.41, 5.74) is 3.35. The summed E-state index contributed by atoms with van der Waals surface area (Å²) in [7, 11) is 1.35. The van der Waals surface area contributed by atoms with Crippen LogP contribution in [0.25, 0.3) is 10.3 Å². The maximum atomic E-state index is 14.5. The molecule has 7 nitrogen and oxygen atoms in total. The predicted octanol–water partition coefficient (Wildman–Crippen LogP) is 4.06. The van der Waals surface area contributed by atoms with Crippen LogP contribution >= 0.6 is 22.9 Å². The van der Waals surface area contributed by atoms with Crippen molar-refractivity contribution in [3.8, 4) is 0 Å². The molecule has 2 aliphatic rings. The van der Waals surface area contributed by atoms with Gasteiger partial charge in [-0.25, -0.2) is 23.5 Å². The molecular weight excluding hydrogens is 448 g/mol. The molecule has 1 atom stereocenters. The molecule has 1 aromatic carbocycles. The highest BCUT2D eigenvalue weighted by molar-refractivity contribution is 7.16. The number of benzene rings is 1. The van der Waals surface area contributed by atoms with Gasteiger partial charge in [0.15, 0.2) is 5.82 Å². The van der Waals surface area contributed by atoms with Crippen molar-refractivity contribution >= 4 is 56.7 Å². The number of hydrogen-bond acceptors (Lipinski definition) is 5. The number of rotatable bonds is 4. The zero-order valence-electron chi connectivity index (χ0n) is 16.2. The third-order valence-electron chi connectivity index (χ3n) is 5.56. The Balaban J connectivity index is 1.51. The Labute approximate surface area is 184 Å². The van der Waals surface area contributed by atoms with E-state index in [4.69, 9.17) is 11.6 Å². The molecule has 31 heavy (non-hydrogen) atoms. The van der Waals surface area contributed by atoms with Crippen LogP contribution in [0.15, 0.2) is 23.7 Å². The first-order valence-electron chi connectivity index (χ1n) is 9.59. The smallest absolute Gasteiger partial charge is 0.323 e. The van der Waals surface area contributed by atoms with Gasteiger partial charge in [-0.05, 0) is 42.5 Å². The van der Waals surface area contributed by atoms with Gasteiger partial charge in [0, 0.05) is 13.6 Å². The van der Waals surface area contributed by atoms with Gasteiger partial charge in [0.1, 0.15) is 33.0 Å². The van der Waals surface area contributed by atoms with E-state index in [0.717, 1.165) is 41.0 Å². The van der Waals surface area contributed by atoms with Gasteiger partial charge in [0.25, 0.3) is 5.91 Å². The van der Waals surface area contributed by atoms with Gasteiger partial charge in [-0.1, -0.05) is 11.6 Å². The van der Waals surface area contributed by atoms with Crippen molar-refractivity contribution in [3.05, 3.63) is 45.9 Å². The van der Waals surface area contributed by atoms with E-state index in [2.05, 4.69) is 15.3 Å². The number of likely N-dealkylation sites (N-methyl/N-ethyl adjacent to an activating group) is 1. The Morgan fingerprint density at radius 2 is 2.13 bits per heavy atom. The van der Waals surface area contributed by atoms with E-state index >= 15 is 0 Å². The maximum absolute atomic E-state index is 14.5. The molecule has 0 unspecified atom stereocenters. The van der Waals surface area contributed by atoms with Crippen LogP contribution in [-0.2, 0) is 4.79 Å². The second kappa shape index (κ2) is 7.38. The summed E-state index contributed by atoms with van der Waals surface area (Å²) < 4.78 is 28.0. The Kier molecular flexibility index (Phi) is 4.78. The lowest BCUT2D eigenvalue weighted by molar-refractivity contribution is -0.119. The summed E-state index contributed by atoms with van der Waals surface area (Å²) in [6.07, 6.45) is 2.08. The number of hydrogen-bond donors (Lipinski definition) is 1.